The Morgan fingerprint density at radius 1 is 1.15 bits per heavy atom. The minimum absolute atomic E-state index is 0.164. The highest BCUT2D eigenvalue weighted by molar-refractivity contribution is 5.39. The third-order valence-corrected chi connectivity index (χ3v) is 7.75. The number of fused-ring (bicyclic) bond motifs is 2. The van der Waals surface area contributed by atoms with E-state index in [4.69, 9.17) is 9.47 Å². The van der Waals surface area contributed by atoms with Crippen LogP contribution in [-0.2, 0) is 16.1 Å². The molecule has 4 unspecified atom stereocenters. The number of hydrogen-bond donors (Lipinski definition) is 1. The van der Waals surface area contributed by atoms with Crippen molar-refractivity contribution in [3.63, 3.8) is 0 Å². The maximum Gasteiger partial charge on any atom is 0.110 e. The van der Waals surface area contributed by atoms with Gasteiger partial charge in [0.15, 0.2) is 0 Å². The lowest BCUT2D eigenvalue weighted by atomic mass is 9.80. The summed E-state index contributed by atoms with van der Waals surface area (Å²) in [7, 11) is 1.81. The van der Waals surface area contributed by atoms with Crippen molar-refractivity contribution in [3.05, 3.63) is 71.8 Å². The molecule has 0 amide bonds. The van der Waals surface area contributed by atoms with Gasteiger partial charge in [-0.1, -0.05) is 48.6 Å². The molecule has 4 aliphatic heterocycles. The van der Waals surface area contributed by atoms with Crippen LogP contribution in [0.4, 0.5) is 0 Å². The molecule has 184 valence electrons. The highest BCUT2D eigenvalue weighted by Gasteiger charge is 2.48. The largest absolute Gasteiger partial charge is 0.377 e. The van der Waals surface area contributed by atoms with Gasteiger partial charge in [-0.05, 0) is 42.4 Å². The molecule has 0 radical (unpaired) electrons. The molecule has 5 aliphatic rings. The summed E-state index contributed by atoms with van der Waals surface area (Å²) in [4.78, 5) is 5.29. The van der Waals surface area contributed by atoms with Gasteiger partial charge in [0.2, 0.25) is 0 Å². The first-order valence-electron chi connectivity index (χ1n) is 12.9. The molecule has 6 rings (SSSR count). The van der Waals surface area contributed by atoms with Crippen LogP contribution in [0, 0.1) is 0 Å². The number of methoxy groups -OCH3 is 1. The molecule has 2 bridgehead atoms. The molecule has 0 aromatic heterocycles. The number of nitrogens with one attached hydrogen (secondary N) is 1. The highest BCUT2D eigenvalue weighted by atomic mass is 16.5. The second-order valence-corrected chi connectivity index (χ2v) is 10.1. The van der Waals surface area contributed by atoms with E-state index >= 15 is 0 Å². The van der Waals surface area contributed by atoms with Crippen LogP contribution in [0.2, 0.25) is 0 Å². The molecule has 4 fully saturated rings. The van der Waals surface area contributed by atoms with E-state index in [0.29, 0.717) is 25.4 Å². The molecule has 6 heteroatoms. The summed E-state index contributed by atoms with van der Waals surface area (Å²) in [5.41, 5.74) is 7.31. The van der Waals surface area contributed by atoms with Crippen molar-refractivity contribution in [1.29, 1.82) is 0 Å². The Balaban J connectivity index is 1.27. The summed E-state index contributed by atoms with van der Waals surface area (Å²) in [6, 6.07) is 10.5. The van der Waals surface area contributed by atoms with Gasteiger partial charge >= 0.3 is 0 Å². The predicted molar refractivity (Wildman–Crippen MR) is 136 cm³/mol. The molecule has 1 N–H and O–H groups in total. The zero-order valence-electron chi connectivity index (χ0n) is 20.6. The normalized spacial score (nSPS) is 28.5. The molecular weight excluding hydrogens is 424 g/mol. The fourth-order valence-corrected chi connectivity index (χ4v) is 6.02. The SMILES string of the molecule is C=CCN1CC2CC(C1)N2C(C1=CC(OC)CC=C1)c1ccc(COCNN2CCCC2)cc1. The van der Waals surface area contributed by atoms with Crippen LogP contribution in [0.15, 0.2) is 60.7 Å². The molecule has 0 spiro atoms. The first-order chi connectivity index (χ1) is 16.7. The van der Waals surface area contributed by atoms with E-state index in [1.807, 2.05) is 13.2 Å². The predicted octanol–water partition coefficient (Wildman–Crippen LogP) is 3.65. The van der Waals surface area contributed by atoms with Crippen molar-refractivity contribution in [2.45, 2.75) is 56.5 Å². The van der Waals surface area contributed by atoms with Crippen LogP contribution in [0.25, 0.3) is 0 Å². The van der Waals surface area contributed by atoms with Gasteiger partial charge < -0.3 is 9.47 Å². The minimum atomic E-state index is 0.164. The van der Waals surface area contributed by atoms with Gasteiger partial charge in [0.05, 0.1) is 18.8 Å². The van der Waals surface area contributed by atoms with Crippen molar-refractivity contribution in [2.24, 2.45) is 0 Å². The maximum absolute atomic E-state index is 5.89. The molecule has 0 saturated carbocycles. The summed E-state index contributed by atoms with van der Waals surface area (Å²) in [6.45, 7) is 10.6. The van der Waals surface area contributed by atoms with E-state index in [9.17, 15) is 0 Å². The Morgan fingerprint density at radius 2 is 1.91 bits per heavy atom. The lowest BCUT2D eigenvalue weighted by molar-refractivity contribution is -0.0854. The zero-order valence-corrected chi connectivity index (χ0v) is 20.6. The van der Waals surface area contributed by atoms with Gasteiger partial charge in [-0.3, -0.25) is 9.80 Å². The molecule has 4 atom stereocenters. The van der Waals surface area contributed by atoms with Gasteiger partial charge in [-0.15, -0.1) is 6.58 Å². The van der Waals surface area contributed by atoms with Crippen molar-refractivity contribution in [3.8, 4) is 0 Å². The summed E-state index contributed by atoms with van der Waals surface area (Å²) in [6.07, 6.45) is 13.9. The van der Waals surface area contributed by atoms with E-state index < -0.39 is 0 Å². The van der Waals surface area contributed by atoms with Gasteiger partial charge in [0, 0.05) is 51.9 Å². The van der Waals surface area contributed by atoms with Crippen LogP contribution in [-0.4, -0.2) is 79.6 Å². The van der Waals surface area contributed by atoms with E-state index in [1.54, 1.807) is 0 Å². The second-order valence-electron chi connectivity index (χ2n) is 10.1. The van der Waals surface area contributed by atoms with Crippen LogP contribution in [0.5, 0.6) is 0 Å². The minimum Gasteiger partial charge on any atom is -0.377 e. The second kappa shape index (κ2) is 11.3. The van der Waals surface area contributed by atoms with E-state index in [0.717, 1.165) is 39.1 Å². The molecular formula is C28H40N4O2. The highest BCUT2D eigenvalue weighted by Crippen LogP contribution is 2.44. The lowest BCUT2D eigenvalue weighted by Gasteiger charge is -2.59. The number of nitrogens with zero attached hydrogens (tertiary/aromatic N) is 3. The van der Waals surface area contributed by atoms with Crippen molar-refractivity contribution in [1.82, 2.24) is 20.2 Å². The van der Waals surface area contributed by atoms with Crippen molar-refractivity contribution in [2.75, 3.05) is 46.6 Å². The van der Waals surface area contributed by atoms with E-state index in [2.05, 4.69) is 69.3 Å². The van der Waals surface area contributed by atoms with Crippen LogP contribution >= 0.6 is 0 Å². The molecule has 4 heterocycles. The fourth-order valence-electron chi connectivity index (χ4n) is 6.02. The van der Waals surface area contributed by atoms with E-state index in [-0.39, 0.29) is 12.1 Å². The first kappa shape index (κ1) is 23.9. The molecule has 1 aromatic carbocycles. The van der Waals surface area contributed by atoms with Gasteiger partial charge in [-0.25, -0.2) is 10.4 Å². The van der Waals surface area contributed by atoms with Crippen LogP contribution < -0.4 is 5.43 Å². The third-order valence-electron chi connectivity index (χ3n) is 7.75. The number of hydrazine groups is 1. The summed E-state index contributed by atoms with van der Waals surface area (Å²) in [5, 5.41) is 2.26. The van der Waals surface area contributed by atoms with Crippen molar-refractivity contribution < 1.29 is 9.47 Å². The summed E-state index contributed by atoms with van der Waals surface area (Å²) >= 11 is 0. The van der Waals surface area contributed by atoms with Gasteiger partial charge in [-0.2, -0.15) is 0 Å². The number of piperidine rings is 1. The lowest BCUT2D eigenvalue weighted by Crippen LogP contribution is -2.69. The number of piperazine rings is 1. The standard InChI is InChI=1S/C28H40N4O2/c1-3-13-30-18-25-17-26(19-30)32(25)28(24-7-6-8-27(16-24)33-2)23-11-9-22(10-12-23)20-34-21-29-31-14-4-5-15-31/h3,6-7,9-12,16,25-29H,1,4-5,8,13-15,17-21H2,2H3. The Bertz CT molecular complexity index is 865. The Kier molecular flexibility index (Phi) is 7.94. The summed E-state index contributed by atoms with van der Waals surface area (Å²) in [5.74, 6) is 0. The molecule has 1 aromatic rings. The van der Waals surface area contributed by atoms with Gasteiger partial charge in [0.1, 0.15) is 6.73 Å². The first-order valence-corrected chi connectivity index (χ1v) is 12.9. The van der Waals surface area contributed by atoms with Crippen LogP contribution in [0.3, 0.4) is 0 Å². The average molecular weight is 465 g/mol. The van der Waals surface area contributed by atoms with Gasteiger partial charge in [0.25, 0.3) is 0 Å². The molecule has 34 heavy (non-hydrogen) atoms. The Hall–Kier alpha value is -1.80. The molecule has 6 nitrogen and oxygen atoms in total. The average Bonchev–Trinajstić information content (AvgIpc) is 3.39. The monoisotopic (exact) mass is 464 g/mol. The maximum atomic E-state index is 5.89. The Labute approximate surface area is 204 Å². The number of rotatable bonds is 11. The number of hydrogen-bond acceptors (Lipinski definition) is 6. The number of benzene rings is 1. The smallest absolute Gasteiger partial charge is 0.110 e. The topological polar surface area (TPSA) is 40.2 Å². The molecule has 1 aliphatic carbocycles. The quantitative estimate of drug-likeness (QED) is 0.306. The summed E-state index contributed by atoms with van der Waals surface area (Å²) < 4.78 is 11.6. The molecule has 4 saturated heterocycles. The fraction of sp³-hybridized carbons (Fsp3) is 0.571. The van der Waals surface area contributed by atoms with Crippen molar-refractivity contribution >= 4 is 0 Å². The number of ether oxygens (including phenoxy) is 2. The third kappa shape index (κ3) is 5.38. The van der Waals surface area contributed by atoms with E-state index in [1.165, 1.54) is 36.0 Å². The zero-order chi connectivity index (χ0) is 23.3. The Morgan fingerprint density at radius 3 is 2.62 bits per heavy atom. The van der Waals surface area contributed by atoms with Crippen LogP contribution in [0.1, 0.15) is 42.9 Å².